The summed E-state index contributed by atoms with van der Waals surface area (Å²) in [5.74, 6) is 0.693. The molecular weight excluding hydrogens is 262 g/mol. The predicted octanol–water partition coefficient (Wildman–Crippen LogP) is 1.35. The maximum Gasteiger partial charge on any atom is 0.267 e. The van der Waals surface area contributed by atoms with Gasteiger partial charge in [0.2, 0.25) is 0 Å². The number of nitriles is 1. The van der Waals surface area contributed by atoms with Gasteiger partial charge in [0.15, 0.2) is 0 Å². The Bertz CT molecular complexity index is 498. The van der Waals surface area contributed by atoms with Crippen molar-refractivity contribution in [2.75, 3.05) is 39.8 Å². The first-order valence-electron chi connectivity index (χ1n) is 6.18. The average Bonchev–Trinajstić information content (AvgIpc) is 2.80. The van der Waals surface area contributed by atoms with Crippen LogP contribution in [0.15, 0.2) is 6.07 Å². The van der Waals surface area contributed by atoms with Crippen LogP contribution in [0.4, 0.5) is 0 Å². The molecule has 2 rings (SSSR count). The van der Waals surface area contributed by atoms with Gasteiger partial charge in [0.25, 0.3) is 5.91 Å². The molecular formula is C13H17N3O2S. The number of hydrogen-bond acceptors (Lipinski definition) is 5. The molecule has 1 saturated heterocycles. The highest BCUT2D eigenvalue weighted by Crippen LogP contribution is 2.30. The van der Waals surface area contributed by atoms with Gasteiger partial charge in [0.05, 0.1) is 19.7 Å². The molecule has 6 heteroatoms. The van der Waals surface area contributed by atoms with Crippen molar-refractivity contribution >= 4 is 17.2 Å². The number of aryl methyl sites for hydroxylation is 1. The third kappa shape index (κ3) is 3.06. The van der Waals surface area contributed by atoms with Crippen LogP contribution in [0.2, 0.25) is 0 Å². The molecule has 2 heterocycles. The van der Waals surface area contributed by atoms with Crippen LogP contribution >= 0.6 is 11.3 Å². The summed E-state index contributed by atoms with van der Waals surface area (Å²) in [4.78, 5) is 18.1. The van der Waals surface area contributed by atoms with E-state index in [9.17, 15) is 4.79 Å². The Morgan fingerprint density at radius 1 is 1.47 bits per heavy atom. The number of piperazine rings is 1. The number of nitrogens with zero attached hydrogens (tertiary/aromatic N) is 3. The van der Waals surface area contributed by atoms with Crippen molar-refractivity contribution in [2.45, 2.75) is 6.92 Å². The fraction of sp³-hybridized carbons (Fsp3) is 0.538. The van der Waals surface area contributed by atoms with Gasteiger partial charge in [-0.05, 0) is 13.0 Å². The van der Waals surface area contributed by atoms with Gasteiger partial charge in [-0.25, -0.2) is 0 Å². The van der Waals surface area contributed by atoms with Crippen LogP contribution in [0, 0.1) is 18.3 Å². The Kier molecular flexibility index (Phi) is 4.40. The number of ether oxygens (including phenoxy) is 1. The molecule has 102 valence electrons. The van der Waals surface area contributed by atoms with Gasteiger partial charge >= 0.3 is 0 Å². The zero-order chi connectivity index (χ0) is 13.8. The second kappa shape index (κ2) is 6.04. The lowest BCUT2D eigenvalue weighted by Gasteiger charge is -2.33. The summed E-state index contributed by atoms with van der Waals surface area (Å²) in [6.45, 7) is 5.25. The van der Waals surface area contributed by atoms with E-state index in [-0.39, 0.29) is 5.91 Å². The average molecular weight is 279 g/mol. The minimum Gasteiger partial charge on any atom is -0.495 e. The second-order valence-electron chi connectivity index (χ2n) is 4.48. The number of carbonyl (C=O) groups is 1. The number of thiophene rings is 1. The Balaban J connectivity index is 2.03. The van der Waals surface area contributed by atoms with Gasteiger partial charge in [-0.15, -0.1) is 11.3 Å². The molecule has 1 aromatic heterocycles. The van der Waals surface area contributed by atoms with Crippen molar-refractivity contribution in [3.05, 3.63) is 15.8 Å². The molecule has 0 unspecified atom stereocenters. The molecule has 1 aromatic rings. The van der Waals surface area contributed by atoms with Crippen molar-refractivity contribution in [1.29, 1.82) is 5.26 Å². The van der Waals surface area contributed by atoms with Crippen LogP contribution in [0.5, 0.6) is 5.75 Å². The summed E-state index contributed by atoms with van der Waals surface area (Å²) in [5, 5.41) is 8.66. The molecule has 1 aliphatic heterocycles. The van der Waals surface area contributed by atoms with Crippen molar-refractivity contribution < 1.29 is 9.53 Å². The highest BCUT2D eigenvalue weighted by molar-refractivity contribution is 7.14. The third-order valence-electron chi connectivity index (χ3n) is 3.19. The molecule has 1 aliphatic rings. The molecule has 0 atom stereocenters. The van der Waals surface area contributed by atoms with Gasteiger partial charge in [-0.3, -0.25) is 9.69 Å². The number of amides is 1. The van der Waals surface area contributed by atoms with Crippen LogP contribution in [-0.2, 0) is 0 Å². The highest BCUT2D eigenvalue weighted by Gasteiger charge is 2.25. The first kappa shape index (κ1) is 13.8. The summed E-state index contributed by atoms with van der Waals surface area (Å²) >= 11 is 1.47. The van der Waals surface area contributed by atoms with E-state index in [4.69, 9.17) is 10.00 Å². The van der Waals surface area contributed by atoms with E-state index >= 15 is 0 Å². The van der Waals surface area contributed by atoms with E-state index < -0.39 is 0 Å². The van der Waals surface area contributed by atoms with Crippen LogP contribution in [-0.4, -0.2) is 55.5 Å². The topological polar surface area (TPSA) is 56.6 Å². The largest absolute Gasteiger partial charge is 0.495 e. The lowest BCUT2D eigenvalue weighted by molar-refractivity contribution is 0.0653. The van der Waals surface area contributed by atoms with E-state index in [0.717, 1.165) is 18.0 Å². The van der Waals surface area contributed by atoms with Crippen LogP contribution < -0.4 is 4.74 Å². The molecule has 5 nitrogen and oxygen atoms in total. The molecule has 0 N–H and O–H groups in total. The van der Waals surface area contributed by atoms with E-state index in [1.54, 1.807) is 7.11 Å². The van der Waals surface area contributed by atoms with E-state index in [1.165, 1.54) is 11.3 Å². The van der Waals surface area contributed by atoms with Crippen molar-refractivity contribution in [3.63, 3.8) is 0 Å². The molecule has 0 aliphatic carbocycles. The number of hydrogen-bond donors (Lipinski definition) is 0. The fourth-order valence-electron chi connectivity index (χ4n) is 2.14. The van der Waals surface area contributed by atoms with Crippen molar-refractivity contribution in [1.82, 2.24) is 9.80 Å². The number of carbonyl (C=O) groups excluding carboxylic acids is 1. The summed E-state index contributed by atoms with van der Waals surface area (Å²) in [7, 11) is 1.59. The quantitative estimate of drug-likeness (QED) is 0.784. The lowest BCUT2D eigenvalue weighted by Crippen LogP contribution is -2.48. The van der Waals surface area contributed by atoms with Crippen LogP contribution in [0.25, 0.3) is 0 Å². The summed E-state index contributed by atoms with van der Waals surface area (Å²) in [6, 6.07) is 4.03. The van der Waals surface area contributed by atoms with Crippen molar-refractivity contribution in [3.8, 4) is 11.8 Å². The molecule has 0 radical (unpaired) electrons. The lowest BCUT2D eigenvalue weighted by atomic mass is 10.3. The smallest absolute Gasteiger partial charge is 0.267 e. The van der Waals surface area contributed by atoms with E-state index in [0.29, 0.717) is 30.3 Å². The van der Waals surface area contributed by atoms with Gasteiger partial charge in [-0.1, -0.05) is 0 Å². The maximum atomic E-state index is 12.4. The molecule has 0 saturated carbocycles. The minimum absolute atomic E-state index is 0.0338. The zero-order valence-electron chi connectivity index (χ0n) is 11.2. The highest BCUT2D eigenvalue weighted by atomic mass is 32.1. The predicted molar refractivity (Wildman–Crippen MR) is 73.6 cm³/mol. The maximum absolute atomic E-state index is 12.4. The molecule has 1 fully saturated rings. The molecule has 19 heavy (non-hydrogen) atoms. The van der Waals surface area contributed by atoms with Gasteiger partial charge in [0, 0.05) is 31.1 Å². The Labute approximate surface area is 117 Å². The molecule has 0 bridgehead atoms. The van der Waals surface area contributed by atoms with E-state index in [1.807, 2.05) is 17.9 Å². The normalized spacial score (nSPS) is 16.2. The Hall–Kier alpha value is -1.58. The summed E-state index contributed by atoms with van der Waals surface area (Å²) < 4.78 is 5.25. The first-order valence-corrected chi connectivity index (χ1v) is 7.00. The summed E-state index contributed by atoms with van der Waals surface area (Å²) in [6.07, 6.45) is 0. The van der Waals surface area contributed by atoms with Crippen LogP contribution in [0.1, 0.15) is 14.5 Å². The van der Waals surface area contributed by atoms with Crippen molar-refractivity contribution in [2.24, 2.45) is 0 Å². The fourth-order valence-corrected chi connectivity index (χ4v) is 3.09. The zero-order valence-corrected chi connectivity index (χ0v) is 12.0. The summed E-state index contributed by atoms with van der Waals surface area (Å²) in [5.41, 5.74) is 0. The molecule has 0 spiro atoms. The van der Waals surface area contributed by atoms with Gasteiger partial charge in [0.1, 0.15) is 10.6 Å². The third-order valence-corrected chi connectivity index (χ3v) is 4.21. The first-order chi connectivity index (χ1) is 9.15. The number of rotatable bonds is 3. The minimum atomic E-state index is 0.0338. The monoisotopic (exact) mass is 279 g/mol. The SMILES string of the molecule is COc1cc(C)sc1C(=O)N1CCN(CC#N)CC1. The Morgan fingerprint density at radius 2 is 2.16 bits per heavy atom. The standard InChI is InChI=1S/C13H17N3O2S/c1-10-9-11(18-2)12(19-10)13(17)16-7-5-15(4-3-14)6-8-16/h9H,4-8H2,1-2H3. The van der Waals surface area contributed by atoms with E-state index in [2.05, 4.69) is 11.0 Å². The number of methoxy groups -OCH3 is 1. The second-order valence-corrected chi connectivity index (χ2v) is 5.74. The molecule has 1 amide bonds. The Morgan fingerprint density at radius 3 is 2.74 bits per heavy atom. The van der Waals surface area contributed by atoms with Gasteiger partial charge in [-0.2, -0.15) is 5.26 Å². The molecule has 0 aromatic carbocycles. The van der Waals surface area contributed by atoms with Gasteiger partial charge < -0.3 is 9.64 Å². The van der Waals surface area contributed by atoms with Crippen LogP contribution in [0.3, 0.4) is 0 Å².